The molecule has 0 aromatic carbocycles. The molecule has 0 aromatic rings. The second-order valence-electron chi connectivity index (χ2n) is 5.27. The van der Waals surface area contributed by atoms with Crippen LogP contribution in [0.2, 0.25) is 19.6 Å². The maximum absolute atomic E-state index is 6.07. The van der Waals surface area contributed by atoms with Crippen LogP contribution in [0.1, 0.15) is 12.8 Å². The molecule has 16 heavy (non-hydrogen) atoms. The molecule has 1 saturated heterocycles. The Hall–Kier alpha value is 0.317. The summed E-state index contributed by atoms with van der Waals surface area (Å²) in [7, 11) is -1.47. The van der Waals surface area contributed by atoms with Crippen LogP contribution in [0.15, 0.2) is 10.6 Å². The first-order chi connectivity index (χ1) is 7.41. The highest BCUT2D eigenvalue weighted by atomic mass is 79.9. The standard InChI is InChI=1S/C11H19BrO3Si/c1-16(2,3)15-9-4-5-11(10(12)8-9)13-6-7-14-11/h8-9H,4-7H2,1-3H3/t9-/m1/s1. The Morgan fingerprint density at radius 3 is 2.50 bits per heavy atom. The van der Waals surface area contributed by atoms with Crippen LogP contribution in [-0.2, 0) is 13.9 Å². The number of ether oxygens (including phenoxy) is 2. The quantitative estimate of drug-likeness (QED) is 0.734. The van der Waals surface area contributed by atoms with Crippen LogP contribution in [0.25, 0.3) is 0 Å². The van der Waals surface area contributed by atoms with Crippen LogP contribution in [0, 0.1) is 0 Å². The highest BCUT2D eigenvalue weighted by Gasteiger charge is 2.43. The zero-order valence-corrected chi connectivity index (χ0v) is 12.7. The van der Waals surface area contributed by atoms with Crippen LogP contribution in [-0.4, -0.2) is 33.4 Å². The predicted molar refractivity (Wildman–Crippen MR) is 69.1 cm³/mol. The summed E-state index contributed by atoms with van der Waals surface area (Å²) in [5, 5.41) is 0. The van der Waals surface area contributed by atoms with Crippen molar-refractivity contribution in [1.29, 1.82) is 0 Å². The molecule has 2 rings (SSSR count). The molecule has 3 nitrogen and oxygen atoms in total. The Kier molecular flexibility index (Phi) is 3.62. The van der Waals surface area contributed by atoms with Gasteiger partial charge < -0.3 is 13.9 Å². The summed E-state index contributed by atoms with van der Waals surface area (Å²) in [5.74, 6) is -0.501. The van der Waals surface area contributed by atoms with Crippen molar-refractivity contribution in [1.82, 2.24) is 0 Å². The number of hydrogen-bond acceptors (Lipinski definition) is 3. The van der Waals surface area contributed by atoms with Crippen molar-refractivity contribution in [3.8, 4) is 0 Å². The lowest BCUT2D eigenvalue weighted by atomic mass is 9.99. The molecule has 1 heterocycles. The van der Waals surface area contributed by atoms with Gasteiger partial charge in [-0.1, -0.05) is 15.9 Å². The van der Waals surface area contributed by atoms with Crippen molar-refractivity contribution < 1.29 is 13.9 Å². The predicted octanol–water partition coefficient (Wildman–Crippen LogP) is 3.02. The van der Waals surface area contributed by atoms with Crippen LogP contribution in [0.3, 0.4) is 0 Å². The highest BCUT2D eigenvalue weighted by Crippen LogP contribution is 2.41. The van der Waals surface area contributed by atoms with Gasteiger partial charge in [0, 0.05) is 6.42 Å². The first-order valence-electron chi connectivity index (χ1n) is 5.75. The molecule has 2 aliphatic rings. The van der Waals surface area contributed by atoms with E-state index in [1.165, 1.54) is 0 Å². The van der Waals surface area contributed by atoms with Gasteiger partial charge in [-0.15, -0.1) is 0 Å². The lowest BCUT2D eigenvalue weighted by Gasteiger charge is -2.35. The molecular weight excluding hydrogens is 288 g/mol. The summed E-state index contributed by atoms with van der Waals surface area (Å²) >= 11 is 3.57. The summed E-state index contributed by atoms with van der Waals surface area (Å²) in [6.45, 7) is 8.00. The molecule has 1 aliphatic heterocycles. The van der Waals surface area contributed by atoms with E-state index in [9.17, 15) is 0 Å². The van der Waals surface area contributed by atoms with E-state index >= 15 is 0 Å². The average Bonchev–Trinajstić information content (AvgIpc) is 2.59. The Bertz CT molecular complexity index is 292. The largest absolute Gasteiger partial charge is 0.411 e. The monoisotopic (exact) mass is 306 g/mol. The van der Waals surface area contributed by atoms with E-state index in [1.54, 1.807) is 0 Å². The van der Waals surface area contributed by atoms with Crippen molar-refractivity contribution in [2.75, 3.05) is 13.2 Å². The van der Waals surface area contributed by atoms with Gasteiger partial charge in [0.25, 0.3) is 0 Å². The SMILES string of the molecule is C[Si](C)(C)O[C@H]1C=C(Br)C2(CC1)OCCO2. The van der Waals surface area contributed by atoms with E-state index in [0.29, 0.717) is 13.2 Å². The lowest BCUT2D eigenvalue weighted by Crippen LogP contribution is -2.39. The number of hydrogen-bond donors (Lipinski definition) is 0. The second-order valence-corrected chi connectivity index (χ2v) is 10.6. The molecule has 0 saturated carbocycles. The number of rotatable bonds is 2. The zero-order chi connectivity index (χ0) is 11.8. The van der Waals surface area contributed by atoms with Gasteiger partial charge in [0.1, 0.15) is 0 Å². The third kappa shape index (κ3) is 2.76. The average molecular weight is 307 g/mol. The maximum atomic E-state index is 6.07. The summed E-state index contributed by atoms with van der Waals surface area (Å²) in [5.41, 5.74) is 0. The minimum Gasteiger partial charge on any atom is -0.411 e. The molecule has 0 radical (unpaired) electrons. The molecule has 0 bridgehead atoms. The topological polar surface area (TPSA) is 27.7 Å². The normalized spacial score (nSPS) is 29.5. The summed E-state index contributed by atoms with van der Waals surface area (Å²) in [4.78, 5) is 0. The van der Waals surface area contributed by atoms with Crippen molar-refractivity contribution in [2.45, 2.75) is 44.4 Å². The van der Waals surface area contributed by atoms with Crippen LogP contribution >= 0.6 is 15.9 Å². The van der Waals surface area contributed by atoms with Crippen LogP contribution in [0.5, 0.6) is 0 Å². The minimum atomic E-state index is -1.47. The Morgan fingerprint density at radius 2 is 2.00 bits per heavy atom. The summed E-state index contributed by atoms with van der Waals surface area (Å²) in [6, 6.07) is 0. The molecule has 92 valence electrons. The molecular formula is C11H19BrO3Si. The molecule has 1 aliphatic carbocycles. The number of halogens is 1. The molecule has 1 atom stereocenters. The Morgan fingerprint density at radius 1 is 1.38 bits per heavy atom. The summed E-state index contributed by atoms with van der Waals surface area (Å²) < 4.78 is 18.4. The minimum absolute atomic E-state index is 0.208. The van der Waals surface area contributed by atoms with E-state index in [2.05, 4.69) is 41.6 Å². The summed E-state index contributed by atoms with van der Waals surface area (Å²) in [6.07, 6.45) is 4.16. The first kappa shape index (κ1) is 12.8. The molecule has 1 fully saturated rings. The molecule has 1 spiro atoms. The van der Waals surface area contributed by atoms with Gasteiger partial charge >= 0.3 is 0 Å². The van der Waals surface area contributed by atoms with E-state index < -0.39 is 14.1 Å². The fraction of sp³-hybridized carbons (Fsp3) is 0.818. The van der Waals surface area contributed by atoms with Crippen molar-refractivity contribution in [2.24, 2.45) is 0 Å². The second kappa shape index (κ2) is 4.53. The molecule has 0 N–H and O–H groups in total. The van der Waals surface area contributed by atoms with Gasteiger partial charge in [-0.2, -0.15) is 0 Å². The van der Waals surface area contributed by atoms with E-state index in [0.717, 1.165) is 17.3 Å². The van der Waals surface area contributed by atoms with Crippen molar-refractivity contribution in [3.63, 3.8) is 0 Å². The van der Waals surface area contributed by atoms with Crippen molar-refractivity contribution >= 4 is 24.2 Å². The fourth-order valence-electron chi connectivity index (χ4n) is 2.11. The van der Waals surface area contributed by atoms with E-state index in [4.69, 9.17) is 13.9 Å². The highest BCUT2D eigenvalue weighted by molar-refractivity contribution is 9.11. The fourth-order valence-corrected chi connectivity index (χ4v) is 3.93. The maximum Gasteiger partial charge on any atom is 0.201 e. The zero-order valence-electron chi connectivity index (χ0n) is 10.1. The van der Waals surface area contributed by atoms with Crippen LogP contribution in [0.4, 0.5) is 0 Å². The molecule has 0 amide bonds. The van der Waals surface area contributed by atoms with Crippen molar-refractivity contribution in [3.05, 3.63) is 10.6 Å². The van der Waals surface area contributed by atoms with Gasteiger partial charge in [-0.3, -0.25) is 0 Å². The first-order valence-corrected chi connectivity index (χ1v) is 9.95. The van der Waals surface area contributed by atoms with E-state index in [1.807, 2.05) is 0 Å². The Labute approximate surface area is 106 Å². The van der Waals surface area contributed by atoms with Gasteiger partial charge in [-0.05, 0) is 32.1 Å². The van der Waals surface area contributed by atoms with Gasteiger partial charge in [0.05, 0.1) is 23.8 Å². The lowest BCUT2D eigenvalue weighted by molar-refractivity contribution is -0.132. The molecule has 0 aromatic heterocycles. The van der Waals surface area contributed by atoms with Gasteiger partial charge in [0.15, 0.2) is 8.32 Å². The third-order valence-corrected chi connectivity index (χ3v) is 4.59. The molecule has 5 heteroatoms. The van der Waals surface area contributed by atoms with Gasteiger partial charge in [-0.25, -0.2) is 0 Å². The van der Waals surface area contributed by atoms with Gasteiger partial charge in [0.2, 0.25) is 5.79 Å². The molecule has 0 unspecified atom stereocenters. The third-order valence-electron chi connectivity index (χ3n) is 2.71. The van der Waals surface area contributed by atoms with Crippen LogP contribution < -0.4 is 0 Å². The smallest absolute Gasteiger partial charge is 0.201 e. The Balaban J connectivity index is 2.05. The van der Waals surface area contributed by atoms with E-state index in [-0.39, 0.29) is 6.10 Å².